The Labute approximate surface area is 149 Å². The third-order valence-corrected chi connectivity index (χ3v) is 5.12. The fourth-order valence-electron chi connectivity index (χ4n) is 2.47. The lowest BCUT2D eigenvalue weighted by molar-refractivity contribution is 0.0957. The van der Waals surface area contributed by atoms with E-state index in [1.54, 1.807) is 0 Å². The molecular weight excluding hydrogens is 344 g/mol. The summed E-state index contributed by atoms with van der Waals surface area (Å²) in [5.41, 5.74) is 7.29. The average Bonchev–Trinajstić information content (AvgIpc) is 3.13. The molecule has 0 bridgehead atoms. The highest BCUT2D eigenvalue weighted by atomic mass is 35.5. The number of aryl methyl sites for hydroxylation is 1. The molecule has 3 N–H and O–H groups in total. The molecule has 0 aliphatic heterocycles. The topological polar surface area (TPSA) is 72.9 Å². The van der Waals surface area contributed by atoms with Crippen LogP contribution in [0.25, 0.3) is 15.9 Å². The van der Waals surface area contributed by atoms with Crippen molar-refractivity contribution in [2.24, 2.45) is 5.73 Å². The van der Waals surface area contributed by atoms with Crippen molar-refractivity contribution in [3.8, 4) is 5.69 Å². The van der Waals surface area contributed by atoms with Gasteiger partial charge in [0.25, 0.3) is 5.91 Å². The number of benzene rings is 1. The van der Waals surface area contributed by atoms with E-state index in [1.165, 1.54) is 11.3 Å². The van der Waals surface area contributed by atoms with Crippen molar-refractivity contribution in [1.82, 2.24) is 15.1 Å². The molecule has 0 saturated heterocycles. The molecule has 3 aromatic rings. The van der Waals surface area contributed by atoms with Gasteiger partial charge in [0.2, 0.25) is 0 Å². The predicted octanol–water partition coefficient (Wildman–Crippen LogP) is 3.52. The number of hydrogen-bond donors (Lipinski definition) is 2. The van der Waals surface area contributed by atoms with E-state index in [0.717, 1.165) is 34.4 Å². The van der Waals surface area contributed by atoms with Crippen LogP contribution >= 0.6 is 22.9 Å². The van der Waals surface area contributed by atoms with Crippen LogP contribution in [-0.4, -0.2) is 28.8 Å². The molecule has 1 amide bonds. The molecule has 0 unspecified atom stereocenters. The van der Waals surface area contributed by atoms with Crippen LogP contribution in [0.3, 0.4) is 0 Å². The number of hydrogen-bond acceptors (Lipinski definition) is 4. The summed E-state index contributed by atoms with van der Waals surface area (Å²) in [7, 11) is 0. The van der Waals surface area contributed by atoms with Crippen molar-refractivity contribution in [3.05, 3.63) is 45.9 Å². The first-order valence-electron chi connectivity index (χ1n) is 7.83. The van der Waals surface area contributed by atoms with Crippen LogP contribution in [0.1, 0.15) is 28.2 Å². The van der Waals surface area contributed by atoms with Crippen LogP contribution < -0.4 is 11.1 Å². The van der Waals surface area contributed by atoms with E-state index in [2.05, 4.69) is 10.4 Å². The first-order valence-corrected chi connectivity index (χ1v) is 9.03. The van der Waals surface area contributed by atoms with E-state index < -0.39 is 0 Å². The summed E-state index contributed by atoms with van der Waals surface area (Å²) < 4.78 is 1.86. The molecule has 0 aliphatic rings. The zero-order chi connectivity index (χ0) is 17.1. The Bertz CT molecular complexity index is 853. The number of rotatable bonds is 6. The molecule has 0 saturated carbocycles. The lowest BCUT2D eigenvalue weighted by atomic mass is 10.3. The smallest absolute Gasteiger partial charge is 0.261 e. The van der Waals surface area contributed by atoms with Gasteiger partial charge in [-0.3, -0.25) is 4.79 Å². The second-order valence-electron chi connectivity index (χ2n) is 5.55. The van der Waals surface area contributed by atoms with Crippen LogP contribution in [0, 0.1) is 6.92 Å². The molecule has 0 fully saturated rings. The number of carbonyl (C=O) groups is 1. The molecule has 2 aromatic heterocycles. The molecule has 2 heterocycles. The molecule has 0 aliphatic carbocycles. The predicted molar refractivity (Wildman–Crippen MR) is 99.3 cm³/mol. The van der Waals surface area contributed by atoms with Crippen LogP contribution in [0.15, 0.2) is 30.3 Å². The van der Waals surface area contributed by atoms with Crippen molar-refractivity contribution < 1.29 is 4.79 Å². The number of nitrogens with two attached hydrogens (primary N) is 1. The number of nitrogens with one attached hydrogen (secondary N) is 1. The third kappa shape index (κ3) is 3.45. The summed E-state index contributed by atoms with van der Waals surface area (Å²) in [6.07, 6.45) is 1.81. The maximum Gasteiger partial charge on any atom is 0.261 e. The summed E-state index contributed by atoms with van der Waals surface area (Å²) in [6.45, 7) is 3.24. The van der Waals surface area contributed by atoms with Gasteiger partial charge in [0, 0.05) is 17.0 Å². The van der Waals surface area contributed by atoms with Gasteiger partial charge in [-0.2, -0.15) is 5.10 Å². The maximum atomic E-state index is 12.3. The number of unbranched alkanes of at least 4 members (excludes halogenated alkanes) is 1. The van der Waals surface area contributed by atoms with Gasteiger partial charge in [0.05, 0.1) is 16.3 Å². The Morgan fingerprint density at radius 3 is 2.79 bits per heavy atom. The minimum atomic E-state index is -0.0460. The van der Waals surface area contributed by atoms with Crippen LogP contribution in [0.4, 0.5) is 0 Å². The van der Waals surface area contributed by atoms with Crippen LogP contribution in [0.5, 0.6) is 0 Å². The minimum absolute atomic E-state index is 0.0460. The molecule has 0 spiro atoms. The Kier molecular flexibility index (Phi) is 5.18. The third-order valence-electron chi connectivity index (χ3n) is 3.76. The van der Waals surface area contributed by atoms with Gasteiger partial charge in [0.1, 0.15) is 4.83 Å². The van der Waals surface area contributed by atoms with Crippen LogP contribution in [0.2, 0.25) is 5.02 Å². The summed E-state index contributed by atoms with van der Waals surface area (Å²) in [5, 5.41) is 9.20. The zero-order valence-corrected chi connectivity index (χ0v) is 15.0. The van der Waals surface area contributed by atoms with Gasteiger partial charge in [-0.25, -0.2) is 4.68 Å². The van der Waals surface area contributed by atoms with E-state index in [4.69, 9.17) is 17.3 Å². The molecule has 0 radical (unpaired) electrons. The van der Waals surface area contributed by atoms with Gasteiger partial charge in [-0.1, -0.05) is 11.6 Å². The molecular formula is C17H19ClN4OS. The van der Waals surface area contributed by atoms with Gasteiger partial charge < -0.3 is 11.1 Å². The highest BCUT2D eigenvalue weighted by Gasteiger charge is 2.16. The SMILES string of the molecule is Cc1nn(-c2ccc(Cl)cc2)c2sc(C(=O)NCCCCN)cc12. The highest BCUT2D eigenvalue weighted by molar-refractivity contribution is 7.20. The first-order chi connectivity index (χ1) is 11.6. The van der Waals surface area contributed by atoms with Crippen molar-refractivity contribution in [2.45, 2.75) is 19.8 Å². The summed E-state index contributed by atoms with van der Waals surface area (Å²) in [5.74, 6) is -0.0460. The molecule has 7 heteroatoms. The lowest BCUT2D eigenvalue weighted by Crippen LogP contribution is -2.24. The number of amides is 1. The lowest BCUT2D eigenvalue weighted by Gasteiger charge is -2.03. The number of aromatic nitrogens is 2. The molecule has 24 heavy (non-hydrogen) atoms. The number of carbonyl (C=O) groups excluding carboxylic acids is 1. The van der Waals surface area contributed by atoms with Gasteiger partial charge in [0.15, 0.2) is 0 Å². The minimum Gasteiger partial charge on any atom is -0.351 e. The van der Waals surface area contributed by atoms with Gasteiger partial charge in [-0.05, 0) is 56.6 Å². The van der Waals surface area contributed by atoms with Gasteiger partial charge >= 0.3 is 0 Å². The Hall–Kier alpha value is -1.89. The Morgan fingerprint density at radius 1 is 1.33 bits per heavy atom. The molecule has 0 atom stereocenters. The van der Waals surface area contributed by atoms with Crippen molar-refractivity contribution in [3.63, 3.8) is 0 Å². The number of fused-ring (bicyclic) bond motifs is 1. The van der Waals surface area contributed by atoms with E-state index in [9.17, 15) is 4.79 Å². The molecule has 3 rings (SSSR count). The number of nitrogens with zero attached hydrogens (tertiary/aromatic N) is 2. The number of thiophene rings is 1. The molecule has 126 valence electrons. The summed E-state index contributed by atoms with van der Waals surface area (Å²) >= 11 is 7.40. The maximum absolute atomic E-state index is 12.3. The van der Waals surface area contributed by atoms with E-state index >= 15 is 0 Å². The van der Waals surface area contributed by atoms with E-state index in [1.807, 2.05) is 41.9 Å². The monoisotopic (exact) mass is 362 g/mol. The second-order valence-corrected chi connectivity index (χ2v) is 7.02. The highest BCUT2D eigenvalue weighted by Crippen LogP contribution is 2.30. The Morgan fingerprint density at radius 2 is 2.08 bits per heavy atom. The quantitative estimate of drug-likeness (QED) is 0.659. The standard InChI is InChI=1S/C17H19ClN4OS/c1-11-14-10-15(16(23)20-9-3-2-8-19)24-17(14)22(21-11)13-6-4-12(18)5-7-13/h4-7,10H,2-3,8-9,19H2,1H3,(H,20,23). The normalized spacial score (nSPS) is 11.1. The molecule has 5 nitrogen and oxygen atoms in total. The fraction of sp³-hybridized carbons (Fsp3) is 0.294. The molecule has 1 aromatic carbocycles. The average molecular weight is 363 g/mol. The number of halogens is 1. The first kappa shape index (κ1) is 17.0. The van der Waals surface area contributed by atoms with Crippen molar-refractivity contribution in [1.29, 1.82) is 0 Å². The fourth-order valence-corrected chi connectivity index (χ4v) is 3.70. The van der Waals surface area contributed by atoms with E-state index in [0.29, 0.717) is 23.0 Å². The van der Waals surface area contributed by atoms with E-state index in [-0.39, 0.29) is 5.91 Å². The Balaban J connectivity index is 1.87. The van der Waals surface area contributed by atoms with Crippen LogP contribution in [-0.2, 0) is 0 Å². The van der Waals surface area contributed by atoms with Gasteiger partial charge in [-0.15, -0.1) is 11.3 Å². The summed E-state index contributed by atoms with van der Waals surface area (Å²) in [4.78, 5) is 14.0. The largest absolute Gasteiger partial charge is 0.351 e. The zero-order valence-electron chi connectivity index (χ0n) is 13.4. The van der Waals surface area contributed by atoms with Crippen molar-refractivity contribution >= 4 is 39.1 Å². The second kappa shape index (κ2) is 7.34. The summed E-state index contributed by atoms with van der Waals surface area (Å²) in [6, 6.07) is 9.41. The van der Waals surface area contributed by atoms with Crippen molar-refractivity contribution in [2.75, 3.05) is 13.1 Å².